The average molecular weight is 251 g/mol. The average Bonchev–Trinajstić information content (AvgIpc) is 2.86. The Morgan fingerprint density at radius 3 is 2.82 bits per heavy atom. The number of nitrogens with zero attached hydrogens (tertiary/aromatic N) is 3. The van der Waals surface area contributed by atoms with Crippen LogP contribution in [0.5, 0.6) is 0 Å². The number of aliphatic hydroxyl groups excluding tert-OH is 1. The molecule has 2 heterocycles. The Labute approximate surface area is 105 Å². The number of aryl methyl sites for hydroxylation is 3. The summed E-state index contributed by atoms with van der Waals surface area (Å²) >= 11 is 1.50. The smallest absolute Gasteiger partial charge is 0.122 e. The van der Waals surface area contributed by atoms with Gasteiger partial charge in [-0.05, 0) is 19.4 Å². The summed E-state index contributed by atoms with van der Waals surface area (Å²) in [7, 11) is 1.91. The molecule has 0 aliphatic rings. The van der Waals surface area contributed by atoms with Crippen LogP contribution in [0.25, 0.3) is 0 Å². The summed E-state index contributed by atoms with van der Waals surface area (Å²) in [5.74, 6) is 0. The van der Waals surface area contributed by atoms with Gasteiger partial charge in [-0.2, -0.15) is 5.10 Å². The molecule has 0 bridgehead atoms. The molecular formula is C12H17N3OS. The van der Waals surface area contributed by atoms with Crippen LogP contribution in [-0.2, 0) is 19.9 Å². The SMILES string of the molecule is CCc1cc(CC(O)c2nc(C)cs2)n(C)n1. The molecule has 2 aromatic heterocycles. The zero-order valence-corrected chi connectivity index (χ0v) is 11.2. The van der Waals surface area contributed by atoms with Crippen molar-refractivity contribution in [2.75, 3.05) is 0 Å². The second-order valence-electron chi connectivity index (χ2n) is 4.15. The first-order chi connectivity index (χ1) is 8.10. The maximum Gasteiger partial charge on any atom is 0.122 e. The van der Waals surface area contributed by atoms with Gasteiger partial charge in [0.1, 0.15) is 11.1 Å². The first-order valence-corrected chi connectivity index (χ1v) is 6.60. The maximum atomic E-state index is 10.1. The van der Waals surface area contributed by atoms with E-state index in [-0.39, 0.29) is 0 Å². The maximum absolute atomic E-state index is 10.1. The fourth-order valence-electron chi connectivity index (χ4n) is 1.75. The molecule has 4 nitrogen and oxygen atoms in total. The highest BCUT2D eigenvalue weighted by Crippen LogP contribution is 2.22. The van der Waals surface area contributed by atoms with Crippen molar-refractivity contribution in [3.63, 3.8) is 0 Å². The van der Waals surface area contributed by atoms with Gasteiger partial charge < -0.3 is 5.11 Å². The number of aromatic nitrogens is 3. The molecular weight excluding hydrogens is 234 g/mol. The van der Waals surface area contributed by atoms with Gasteiger partial charge in [0.2, 0.25) is 0 Å². The third-order valence-corrected chi connectivity index (χ3v) is 3.78. The lowest BCUT2D eigenvalue weighted by molar-refractivity contribution is 0.175. The Bertz CT molecular complexity index is 504. The lowest BCUT2D eigenvalue weighted by atomic mass is 10.2. The predicted octanol–water partition coefficient (Wildman–Crippen LogP) is 2.02. The van der Waals surface area contributed by atoms with E-state index in [0.717, 1.165) is 28.5 Å². The Balaban J connectivity index is 2.12. The van der Waals surface area contributed by atoms with Crippen LogP contribution in [0.4, 0.5) is 0 Å². The van der Waals surface area contributed by atoms with Crippen LogP contribution in [0.3, 0.4) is 0 Å². The normalized spacial score (nSPS) is 12.9. The molecule has 0 aromatic carbocycles. The second-order valence-corrected chi connectivity index (χ2v) is 5.04. The third kappa shape index (κ3) is 2.73. The highest BCUT2D eigenvalue weighted by molar-refractivity contribution is 7.09. The topological polar surface area (TPSA) is 50.9 Å². The number of hydrogen-bond acceptors (Lipinski definition) is 4. The largest absolute Gasteiger partial charge is 0.386 e. The molecule has 17 heavy (non-hydrogen) atoms. The molecule has 0 saturated carbocycles. The molecule has 5 heteroatoms. The molecule has 0 aliphatic carbocycles. The van der Waals surface area contributed by atoms with Crippen molar-refractivity contribution in [3.05, 3.63) is 33.5 Å². The fraction of sp³-hybridized carbons (Fsp3) is 0.500. The van der Waals surface area contributed by atoms with E-state index in [2.05, 4.69) is 17.0 Å². The number of aliphatic hydroxyl groups is 1. The molecule has 0 amide bonds. The van der Waals surface area contributed by atoms with Crippen molar-refractivity contribution < 1.29 is 5.11 Å². The van der Waals surface area contributed by atoms with Crippen molar-refractivity contribution in [1.82, 2.24) is 14.8 Å². The van der Waals surface area contributed by atoms with Crippen LogP contribution in [-0.4, -0.2) is 19.9 Å². The van der Waals surface area contributed by atoms with Gasteiger partial charge in [0.05, 0.1) is 5.69 Å². The van der Waals surface area contributed by atoms with E-state index in [0.29, 0.717) is 6.42 Å². The minimum Gasteiger partial charge on any atom is -0.386 e. The van der Waals surface area contributed by atoms with Crippen LogP contribution in [0.15, 0.2) is 11.4 Å². The van der Waals surface area contributed by atoms with E-state index < -0.39 is 6.10 Å². The van der Waals surface area contributed by atoms with Crippen molar-refractivity contribution in [1.29, 1.82) is 0 Å². The van der Waals surface area contributed by atoms with Crippen molar-refractivity contribution in [3.8, 4) is 0 Å². The van der Waals surface area contributed by atoms with Crippen LogP contribution in [0.2, 0.25) is 0 Å². The van der Waals surface area contributed by atoms with Crippen molar-refractivity contribution >= 4 is 11.3 Å². The van der Waals surface area contributed by atoms with E-state index in [9.17, 15) is 5.11 Å². The van der Waals surface area contributed by atoms with Gasteiger partial charge in [-0.3, -0.25) is 4.68 Å². The summed E-state index contributed by atoms with van der Waals surface area (Å²) in [6.45, 7) is 4.01. The standard InChI is InChI=1S/C12H17N3OS/c1-4-9-5-10(15(3)14-9)6-11(16)12-13-8(2)7-17-12/h5,7,11,16H,4,6H2,1-3H3. The molecule has 0 spiro atoms. The molecule has 2 aromatic rings. The molecule has 0 radical (unpaired) electrons. The van der Waals surface area contributed by atoms with Gasteiger partial charge >= 0.3 is 0 Å². The Kier molecular flexibility index (Phi) is 3.59. The lowest BCUT2D eigenvalue weighted by Gasteiger charge is -2.07. The lowest BCUT2D eigenvalue weighted by Crippen LogP contribution is -2.06. The van der Waals surface area contributed by atoms with Gasteiger partial charge in [-0.1, -0.05) is 6.92 Å². The summed E-state index contributed by atoms with van der Waals surface area (Å²) in [6, 6.07) is 2.05. The monoisotopic (exact) mass is 251 g/mol. The molecule has 2 rings (SSSR count). The minimum atomic E-state index is -0.534. The first-order valence-electron chi connectivity index (χ1n) is 5.72. The van der Waals surface area contributed by atoms with E-state index in [1.807, 2.05) is 30.1 Å². The Hall–Kier alpha value is -1.20. The first kappa shape index (κ1) is 12.3. The zero-order valence-electron chi connectivity index (χ0n) is 10.3. The molecule has 92 valence electrons. The van der Waals surface area contributed by atoms with Crippen LogP contribution in [0.1, 0.15) is 35.1 Å². The highest BCUT2D eigenvalue weighted by Gasteiger charge is 2.15. The van der Waals surface area contributed by atoms with Gasteiger partial charge in [0.25, 0.3) is 0 Å². The summed E-state index contributed by atoms with van der Waals surface area (Å²) in [6.07, 6.45) is 0.949. The number of hydrogen-bond donors (Lipinski definition) is 1. The van der Waals surface area contributed by atoms with Gasteiger partial charge in [-0.15, -0.1) is 11.3 Å². The second kappa shape index (κ2) is 4.98. The van der Waals surface area contributed by atoms with Crippen LogP contribution < -0.4 is 0 Å². The van der Waals surface area contributed by atoms with Gasteiger partial charge in [-0.25, -0.2) is 4.98 Å². The van der Waals surface area contributed by atoms with Crippen LogP contribution in [0, 0.1) is 6.92 Å². The summed E-state index contributed by atoms with van der Waals surface area (Å²) in [4.78, 5) is 4.30. The number of rotatable bonds is 4. The summed E-state index contributed by atoms with van der Waals surface area (Å²) < 4.78 is 1.84. The molecule has 1 atom stereocenters. The van der Waals surface area contributed by atoms with Gasteiger partial charge in [0, 0.05) is 30.2 Å². The van der Waals surface area contributed by atoms with Crippen molar-refractivity contribution in [2.24, 2.45) is 7.05 Å². The van der Waals surface area contributed by atoms with E-state index in [1.54, 1.807) is 0 Å². The minimum absolute atomic E-state index is 0.534. The Morgan fingerprint density at radius 1 is 1.53 bits per heavy atom. The molecule has 0 aliphatic heterocycles. The fourth-order valence-corrected chi connectivity index (χ4v) is 2.53. The molecule has 0 saturated heterocycles. The van der Waals surface area contributed by atoms with Crippen molar-refractivity contribution in [2.45, 2.75) is 32.8 Å². The summed E-state index contributed by atoms with van der Waals surface area (Å²) in [5.41, 5.74) is 3.07. The molecule has 1 unspecified atom stereocenters. The molecule has 1 N–H and O–H groups in total. The quantitative estimate of drug-likeness (QED) is 0.904. The van der Waals surface area contributed by atoms with E-state index in [1.165, 1.54) is 11.3 Å². The van der Waals surface area contributed by atoms with Gasteiger partial charge in [0.15, 0.2) is 0 Å². The highest BCUT2D eigenvalue weighted by atomic mass is 32.1. The summed E-state index contributed by atoms with van der Waals surface area (Å²) in [5, 5.41) is 17.2. The van der Waals surface area contributed by atoms with E-state index >= 15 is 0 Å². The van der Waals surface area contributed by atoms with E-state index in [4.69, 9.17) is 0 Å². The Morgan fingerprint density at radius 2 is 2.29 bits per heavy atom. The van der Waals surface area contributed by atoms with Crippen LogP contribution >= 0.6 is 11.3 Å². The third-order valence-electron chi connectivity index (χ3n) is 2.71. The molecule has 0 fully saturated rings. The zero-order chi connectivity index (χ0) is 12.4. The number of thiazole rings is 1. The predicted molar refractivity (Wildman–Crippen MR) is 68.1 cm³/mol.